The van der Waals surface area contributed by atoms with E-state index in [1.54, 1.807) is 0 Å². The smallest absolute Gasteiger partial charge is 0.234 e. The quantitative estimate of drug-likeness (QED) is 0.652. The summed E-state index contributed by atoms with van der Waals surface area (Å²) in [5.41, 5.74) is 10.8. The van der Waals surface area contributed by atoms with Gasteiger partial charge in [0.25, 0.3) is 0 Å². The second kappa shape index (κ2) is 3.90. The van der Waals surface area contributed by atoms with Gasteiger partial charge in [-0.2, -0.15) is 0 Å². The van der Waals surface area contributed by atoms with Crippen LogP contribution in [0.4, 0.5) is 0 Å². The molecule has 0 aromatic rings. The first-order valence-electron chi connectivity index (χ1n) is 4.68. The van der Waals surface area contributed by atoms with Crippen LogP contribution in [-0.2, 0) is 4.79 Å². The van der Waals surface area contributed by atoms with Gasteiger partial charge in [-0.15, -0.1) is 0 Å². The Morgan fingerprint density at radius 3 is 2.33 bits per heavy atom. The zero-order valence-electron chi connectivity index (χ0n) is 7.62. The Morgan fingerprint density at radius 2 is 1.92 bits per heavy atom. The molecule has 0 radical (unpaired) electrons. The summed E-state index contributed by atoms with van der Waals surface area (Å²) in [4.78, 5) is 10.8. The summed E-state index contributed by atoms with van der Waals surface area (Å²) in [6, 6.07) is -0.451. The molecule has 1 saturated carbocycles. The van der Waals surface area contributed by atoms with Crippen LogP contribution in [0.2, 0.25) is 0 Å². The van der Waals surface area contributed by atoms with E-state index in [1.807, 2.05) is 6.92 Å². The van der Waals surface area contributed by atoms with Gasteiger partial charge in [0.05, 0.1) is 6.04 Å². The van der Waals surface area contributed by atoms with Crippen molar-refractivity contribution in [1.29, 1.82) is 0 Å². The molecule has 1 aliphatic carbocycles. The normalized spacial score (nSPS) is 23.8. The number of carbonyl (C=O) groups excluding carboxylic acids is 1. The molecule has 2 unspecified atom stereocenters. The molecule has 1 amide bonds. The van der Waals surface area contributed by atoms with Crippen LogP contribution in [-0.4, -0.2) is 11.9 Å². The Hall–Kier alpha value is -0.570. The lowest BCUT2D eigenvalue weighted by Gasteiger charge is -2.22. The number of hydrogen-bond acceptors (Lipinski definition) is 2. The summed E-state index contributed by atoms with van der Waals surface area (Å²) in [5.74, 6) is 0.506. The third-order valence-electron chi connectivity index (χ3n) is 3.04. The first kappa shape index (κ1) is 9.52. The zero-order chi connectivity index (χ0) is 9.14. The van der Waals surface area contributed by atoms with Gasteiger partial charge in [0.1, 0.15) is 0 Å². The first-order chi connectivity index (χ1) is 5.63. The van der Waals surface area contributed by atoms with Crippen LogP contribution in [0.3, 0.4) is 0 Å². The maximum absolute atomic E-state index is 10.8. The molecule has 1 rings (SSSR count). The third kappa shape index (κ3) is 1.97. The summed E-state index contributed by atoms with van der Waals surface area (Å²) in [7, 11) is 0. The molecular weight excluding hydrogens is 152 g/mol. The van der Waals surface area contributed by atoms with E-state index < -0.39 is 6.04 Å². The van der Waals surface area contributed by atoms with Crippen LogP contribution in [0, 0.1) is 11.8 Å². The van der Waals surface area contributed by atoms with Crippen LogP contribution in [0.25, 0.3) is 0 Å². The fourth-order valence-corrected chi connectivity index (χ4v) is 2.04. The molecule has 1 aliphatic rings. The number of primary amides is 1. The lowest BCUT2D eigenvalue weighted by Crippen LogP contribution is -2.43. The lowest BCUT2D eigenvalue weighted by atomic mass is 9.86. The highest BCUT2D eigenvalue weighted by Gasteiger charge is 2.28. The number of carbonyl (C=O) groups is 1. The van der Waals surface area contributed by atoms with Gasteiger partial charge in [-0.25, -0.2) is 0 Å². The average molecular weight is 170 g/mol. The molecule has 2 atom stereocenters. The monoisotopic (exact) mass is 170 g/mol. The zero-order valence-corrected chi connectivity index (χ0v) is 7.62. The number of amides is 1. The van der Waals surface area contributed by atoms with Crippen LogP contribution < -0.4 is 11.5 Å². The fourth-order valence-electron chi connectivity index (χ4n) is 2.04. The number of rotatable bonds is 3. The maximum Gasteiger partial charge on any atom is 0.234 e. The minimum atomic E-state index is -0.451. The summed E-state index contributed by atoms with van der Waals surface area (Å²) >= 11 is 0. The highest BCUT2D eigenvalue weighted by Crippen LogP contribution is 2.32. The van der Waals surface area contributed by atoms with Crippen molar-refractivity contribution < 1.29 is 4.79 Å². The summed E-state index contributed by atoms with van der Waals surface area (Å²) in [5, 5.41) is 0. The molecule has 3 heteroatoms. The van der Waals surface area contributed by atoms with Crippen molar-refractivity contribution in [1.82, 2.24) is 0 Å². The predicted molar refractivity (Wildman–Crippen MR) is 48.3 cm³/mol. The summed E-state index contributed by atoms with van der Waals surface area (Å²) in [6.07, 6.45) is 4.98. The molecule has 1 fully saturated rings. The van der Waals surface area contributed by atoms with Gasteiger partial charge in [0.15, 0.2) is 0 Å². The highest BCUT2D eigenvalue weighted by atomic mass is 16.1. The van der Waals surface area contributed by atoms with Crippen LogP contribution in [0.1, 0.15) is 32.6 Å². The molecule has 3 nitrogen and oxygen atoms in total. The summed E-state index contributed by atoms with van der Waals surface area (Å²) in [6.45, 7) is 2.03. The molecule has 0 saturated heterocycles. The SMILES string of the molecule is CC(C1CCCC1)C(N)C(N)=O. The van der Waals surface area contributed by atoms with Crippen molar-refractivity contribution in [2.75, 3.05) is 0 Å². The molecule has 70 valence electrons. The molecule has 0 aliphatic heterocycles. The van der Waals surface area contributed by atoms with Crippen molar-refractivity contribution in [3.63, 3.8) is 0 Å². The van der Waals surface area contributed by atoms with E-state index in [0.717, 1.165) is 0 Å². The molecule has 0 spiro atoms. The molecule has 4 N–H and O–H groups in total. The maximum atomic E-state index is 10.8. The molecule has 0 aromatic carbocycles. The minimum absolute atomic E-state index is 0.255. The van der Waals surface area contributed by atoms with Crippen molar-refractivity contribution >= 4 is 5.91 Å². The van der Waals surface area contributed by atoms with Gasteiger partial charge < -0.3 is 11.5 Å². The van der Waals surface area contributed by atoms with Crippen molar-refractivity contribution in [2.45, 2.75) is 38.6 Å². The van der Waals surface area contributed by atoms with E-state index in [-0.39, 0.29) is 11.8 Å². The van der Waals surface area contributed by atoms with Gasteiger partial charge in [-0.1, -0.05) is 32.6 Å². The Morgan fingerprint density at radius 1 is 1.42 bits per heavy atom. The van der Waals surface area contributed by atoms with E-state index in [0.29, 0.717) is 5.92 Å². The average Bonchev–Trinajstić information content (AvgIpc) is 2.53. The van der Waals surface area contributed by atoms with E-state index in [4.69, 9.17) is 11.5 Å². The lowest BCUT2D eigenvalue weighted by molar-refractivity contribution is -0.120. The highest BCUT2D eigenvalue weighted by molar-refractivity contribution is 5.79. The molecule has 0 bridgehead atoms. The standard InChI is InChI=1S/C9H18N2O/c1-6(8(10)9(11)12)7-4-2-3-5-7/h6-8H,2-5,10H2,1H3,(H2,11,12). The molecule has 0 aromatic heterocycles. The second-order valence-electron chi connectivity index (χ2n) is 3.83. The van der Waals surface area contributed by atoms with Gasteiger partial charge in [0, 0.05) is 0 Å². The minimum Gasteiger partial charge on any atom is -0.368 e. The first-order valence-corrected chi connectivity index (χ1v) is 4.68. The number of nitrogens with two attached hydrogens (primary N) is 2. The Labute approximate surface area is 73.5 Å². The van der Waals surface area contributed by atoms with Crippen LogP contribution in [0.15, 0.2) is 0 Å². The van der Waals surface area contributed by atoms with E-state index in [9.17, 15) is 4.79 Å². The van der Waals surface area contributed by atoms with Gasteiger partial charge in [0.2, 0.25) is 5.91 Å². The largest absolute Gasteiger partial charge is 0.368 e. The Balaban J connectivity index is 2.44. The number of hydrogen-bond donors (Lipinski definition) is 2. The topological polar surface area (TPSA) is 69.1 Å². The van der Waals surface area contributed by atoms with E-state index >= 15 is 0 Å². The Kier molecular flexibility index (Phi) is 3.09. The summed E-state index contributed by atoms with van der Waals surface area (Å²) < 4.78 is 0. The van der Waals surface area contributed by atoms with E-state index in [1.165, 1.54) is 25.7 Å². The van der Waals surface area contributed by atoms with Gasteiger partial charge >= 0.3 is 0 Å². The van der Waals surface area contributed by atoms with Crippen molar-refractivity contribution in [2.24, 2.45) is 23.3 Å². The second-order valence-corrected chi connectivity index (χ2v) is 3.83. The van der Waals surface area contributed by atoms with Crippen molar-refractivity contribution in [3.05, 3.63) is 0 Å². The van der Waals surface area contributed by atoms with Crippen LogP contribution in [0.5, 0.6) is 0 Å². The van der Waals surface area contributed by atoms with E-state index in [2.05, 4.69) is 0 Å². The third-order valence-corrected chi connectivity index (χ3v) is 3.04. The van der Waals surface area contributed by atoms with Gasteiger partial charge in [-0.05, 0) is 11.8 Å². The fraction of sp³-hybridized carbons (Fsp3) is 0.889. The molecule has 0 heterocycles. The predicted octanol–water partition coefficient (Wildman–Crippen LogP) is 0.625. The molecule has 12 heavy (non-hydrogen) atoms. The van der Waals surface area contributed by atoms with Crippen molar-refractivity contribution in [3.8, 4) is 0 Å². The Bertz CT molecular complexity index is 164. The van der Waals surface area contributed by atoms with Crippen LogP contribution >= 0.6 is 0 Å². The van der Waals surface area contributed by atoms with Gasteiger partial charge in [-0.3, -0.25) is 4.79 Å². The molecular formula is C9H18N2O.